The third kappa shape index (κ3) is 8.62. The van der Waals surface area contributed by atoms with Crippen LogP contribution in [-0.4, -0.2) is 31.5 Å². The van der Waals surface area contributed by atoms with Gasteiger partial charge in [0.1, 0.15) is 5.60 Å². The van der Waals surface area contributed by atoms with Crippen LogP contribution in [0.15, 0.2) is 18.2 Å². The molecule has 0 saturated heterocycles. The van der Waals surface area contributed by atoms with Crippen LogP contribution in [0, 0.1) is 5.92 Å². The summed E-state index contributed by atoms with van der Waals surface area (Å²) in [5.41, 5.74) is 7.42. The molecule has 24 heavy (non-hydrogen) atoms. The minimum Gasteiger partial charge on any atom is -0.444 e. The van der Waals surface area contributed by atoms with Crippen molar-refractivity contribution in [3.63, 3.8) is 0 Å². The van der Waals surface area contributed by atoms with Gasteiger partial charge in [-0.2, -0.15) is 0 Å². The minimum absolute atomic E-state index is 0.491. The molecule has 0 spiro atoms. The first kappa shape index (κ1) is 20.1. The van der Waals surface area contributed by atoms with Crippen LogP contribution in [0.4, 0.5) is 21.9 Å². The summed E-state index contributed by atoms with van der Waals surface area (Å²) in [7, 11) is 0. The number of carbonyl (C=O) groups excluding carboxylic acids is 1. The van der Waals surface area contributed by atoms with Crippen LogP contribution in [0.1, 0.15) is 41.0 Å². The molecule has 136 valence electrons. The summed E-state index contributed by atoms with van der Waals surface area (Å²) in [4.78, 5) is 11.8. The van der Waals surface area contributed by atoms with Crippen molar-refractivity contribution >= 4 is 23.2 Å². The van der Waals surface area contributed by atoms with Crippen LogP contribution in [0.2, 0.25) is 0 Å². The molecule has 6 nitrogen and oxygen atoms in total. The summed E-state index contributed by atoms with van der Waals surface area (Å²) in [6, 6.07) is 5.27. The van der Waals surface area contributed by atoms with Crippen molar-refractivity contribution in [3.8, 4) is 0 Å². The van der Waals surface area contributed by atoms with E-state index in [0.29, 0.717) is 30.4 Å². The Morgan fingerprint density at radius 2 is 1.96 bits per heavy atom. The van der Waals surface area contributed by atoms with Crippen LogP contribution in [0.25, 0.3) is 0 Å². The molecule has 0 aliphatic heterocycles. The lowest BCUT2D eigenvalue weighted by Gasteiger charge is -2.20. The van der Waals surface area contributed by atoms with E-state index in [4.69, 9.17) is 15.2 Å². The standard InChI is InChI=1S/C18H31N3O3/c1-13(2)8-10-23-11-9-20-16-12-14(6-7-15(16)19)21-17(22)24-18(3,4)5/h6-7,12-13,20H,8-11,19H2,1-5H3,(H,21,22). The first-order chi connectivity index (χ1) is 11.2. The molecule has 0 radical (unpaired) electrons. The molecule has 0 aliphatic carbocycles. The fourth-order valence-corrected chi connectivity index (χ4v) is 1.89. The lowest BCUT2D eigenvalue weighted by molar-refractivity contribution is 0.0636. The van der Waals surface area contributed by atoms with E-state index in [2.05, 4.69) is 24.5 Å². The number of anilines is 3. The summed E-state index contributed by atoms with van der Waals surface area (Å²) >= 11 is 0. The maximum atomic E-state index is 11.8. The van der Waals surface area contributed by atoms with Gasteiger partial charge in [-0.15, -0.1) is 0 Å². The van der Waals surface area contributed by atoms with Crippen LogP contribution < -0.4 is 16.4 Å². The van der Waals surface area contributed by atoms with E-state index in [0.717, 1.165) is 18.7 Å². The van der Waals surface area contributed by atoms with E-state index in [9.17, 15) is 4.79 Å². The highest BCUT2D eigenvalue weighted by Gasteiger charge is 2.16. The largest absolute Gasteiger partial charge is 0.444 e. The smallest absolute Gasteiger partial charge is 0.412 e. The highest BCUT2D eigenvalue weighted by Crippen LogP contribution is 2.23. The van der Waals surface area contributed by atoms with Gasteiger partial charge in [-0.3, -0.25) is 5.32 Å². The second-order valence-corrected chi connectivity index (χ2v) is 7.15. The number of nitrogens with two attached hydrogens (primary N) is 1. The van der Waals surface area contributed by atoms with Gasteiger partial charge in [-0.25, -0.2) is 4.79 Å². The van der Waals surface area contributed by atoms with Crippen molar-refractivity contribution in [3.05, 3.63) is 18.2 Å². The molecule has 0 bridgehead atoms. The second-order valence-electron chi connectivity index (χ2n) is 7.15. The van der Waals surface area contributed by atoms with Crippen molar-refractivity contribution in [2.45, 2.75) is 46.6 Å². The lowest BCUT2D eigenvalue weighted by atomic mass is 10.1. The Bertz CT molecular complexity index is 525. The van der Waals surface area contributed by atoms with Gasteiger partial charge < -0.3 is 20.5 Å². The highest BCUT2D eigenvalue weighted by molar-refractivity contribution is 5.87. The Labute approximate surface area is 145 Å². The molecule has 0 aromatic heterocycles. The van der Waals surface area contributed by atoms with Gasteiger partial charge in [0.25, 0.3) is 0 Å². The summed E-state index contributed by atoms with van der Waals surface area (Å²) in [5, 5.41) is 5.92. The number of benzene rings is 1. The molecular weight excluding hydrogens is 306 g/mol. The van der Waals surface area contributed by atoms with Crippen molar-refractivity contribution in [1.82, 2.24) is 0 Å². The predicted molar refractivity (Wildman–Crippen MR) is 99.5 cm³/mol. The van der Waals surface area contributed by atoms with Gasteiger partial charge in [-0.05, 0) is 51.3 Å². The number of ether oxygens (including phenoxy) is 2. The van der Waals surface area contributed by atoms with E-state index in [1.807, 2.05) is 20.8 Å². The van der Waals surface area contributed by atoms with Gasteiger partial charge in [0.2, 0.25) is 0 Å². The molecule has 1 rings (SSSR count). The fraction of sp³-hybridized carbons (Fsp3) is 0.611. The van der Waals surface area contributed by atoms with Crippen LogP contribution in [0.3, 0.4) is 0 Å². The summed E-state index contributed by atoms with van der Waals surface area (Å²) in [5.74, 6) is 0.643. The number of hydrogen-bond acceptors (Lipinski definition) is 5. The van der Waals surface area contributed by atoms with Gasteiger partial charge in [0.15, 0.2) is 0 Å². The molecule has 0 heterocycles. The number of hydrogen-bond donors (Lipinski definition) is 3. The Balaban J connectivity index is 2.46. The first-order valence-electron chi connectivity index (χ1n) is 8.38. The molecule has 1 aromatic carbocycles. The molecule has 6 heteroatoms. The Hall–Kier alpha value is -1.95. The third-order valence-electron chi connectivity index (χ3n) is 3.10. The zero-order valence-electron chi connectivity index (χ0n) is 15.4. The number of rotatable bonds is 8. The minimum atomic E-state index is -0.535. The lowest BCUT2D eigenvalue weighted by Crippen LogP contribution is -2.27. The quantitative estimate of drug-likeness (QED) is 0.491. The van der Waals surface area contributed by atoms with Crippen molar-refractivity contribution in [1.29, 1.82) is 0 Å². The second kappa shape index (κ2) is 9.37. The van der Waals surface area contributed by atoms with Crippen molar-refractivity contribution < 1.29 is 14.3 Å². The molecule has 4 N–H and O–H groups in total. The zero-order chi connectivity index (χ0) is 18.2. The van der Waals surface area contributed by atoms with Crippen molar-refractivity contribution in [2.75, 3.05) is 36.1 Å². The van der Waals surface area contributed by atoms with Crippen LogP contribution in [-0.2, 0) is 9.47 Å². The number of nitrogen functional groups attached to an aromatic ring is 1. The number of nitrogens with one attached hydrogen (secondary N) is 2. The fourth-order valence-electron chi connectivity index (χ4n) is 1.89. The Morgan fingerprint density at radius 1 is 1.25 bits per heavy atom. The monoisotopic (exact) mass is 337 g/mol. The molecule has 0 unspecified atom stereocenters. The highest BCUT2D eigenvalue weighted by atomic mass is 16.6. The molecule has 0 aliphatic rings. The molecule has 1 aromatic rings. The normalized spacial score (nSPS) is 11.4. The maximum Gasteiger partial charge on any atom is 0.412 e. The van der Waals surface area contributed by atoms with Gasteiger partial charge in [0.05, 0.1) is 18.0 Å². The van der Waals surface area contributed by atoms with Crippen LogP contribution in [0.5, 0.6) is 0 Å². The SMILES string of the molecule is CC(C)CCOCCNc1cc(NC(=O)OC(C)(C)C)ccc1N. The predicted octanol–water partition coefficient (Wildman–Crippen LogP) is 4.09. The van der Waals surface area contributed by atoms with E-state index in [1.54, 1.807) is 18.2 Å². The zero-order valence-corrected chi connectivity index (χ0v) is 15.4. The molecule has 1 amide bonds. The Morgan fingerprint density at radius 3 is 2.58 bits per heavy atom. The van der Waals surface area contributed by atoms with Crippen molar-refractivity contribution in [2.24, 2.45) is 5.92 Å². The maximum absolute atomic E-state index is 11.8. The average Bonchev–Trinajstić information content (AvgIpc) is 2.43. The summed E-state index contributed by atoms with van der Waals surface area (Å²) < 4.78 is 10.8. The van der Waals surface area contributed by atoms with E-state index < -0.39 is 11.7 Å². The third-order valence-corrected chi connectivity index (χ3v) is 3.10. The average molecular weight is 337 g/mol. The molecule has 0 fully saturated rings. The summed E-state index contributed by atoms with van der Waals surface area (Å²) in [6.45, 7) is 11.8. The van der Waals surface area contributed by atoms with E-state index in [1.165, 1.54) is 0 Å². The van der Waals surface area contributed by atoms with E-state index in [-0.39, 0.29) is 0 Å². The van der Waals surface area contributed by atoms with E-state index >= 15 is 0 Å². The molecular formula is C18H31N3O3. The summed E-state index contributed by atoms with van der Waals surface area (Å²) in [6.07, 6.45) is 0.562. The van der Waals surface area contributed by atoms with Crippen LogP contribution >= 0.6 is 0 Å². The molecule has 0 saturated carbocycles. The van der Waals surface area contributed by atoms with Gasteiger partial charge in [0, 0.05) is 18.8 Å². The number of carbonyl (C=O) groups is 1. The number of amides is 1. The first-order valence-corrected chi connectivity index (χ1v) is 8.38. The Kier molecular flexibility index (Phi) is 7.85. The molecule has 0 atom stereocenters. The topological polar surface area (TPSA) is 85.6 Å². The van der Waals surface area contributed by atoms with Gasteiger partial charge >= 0.3 is 6.09 Å². The van der Waals surface area contributed by atoms with Gasteiger partial charge in [-0.1, -0.05) is 13.8 Å².